The summed E-state index contributed by atoms with van der Waals surface area (Å²) in [6, 6.07) is -0.0388. The van der Waals surface area contributed by atoms with Crippen LogP contribution in [-0.2, 0) is 4.79 Å². The summed E-state index contributed by atoms with van der Waals surface area (Å²) >= 11 is 0. The molecule has 1 unspecified atom stereocenters. The van der Waals surface area contributed by atoms with Crippen molar-refractivity contribution in [2.75, 3.05) is 26.7 Å². The Hall–Kier alpha value is -1.26. The van der Waals surface area contributed by atoms with Crippen molar-refractivity contribution in [2.45, 2.75) is 39.5 Å². The van der Waals surface area contributed by atoms with Crippen LogP contribution in [0.2, 0.25) is 0 Å². The Morgan fingerprint density at radius 2 is 1.95 bits per heavy atom. The van der Waals surface area contributed by atoms with Crippen molar-refractivity contribution in [2.24, 2.45) is 11.8 Å². The van der Waals surface area contributed by atoms with E-state index in [1.165, 1.54) is 17.7 Å². The van der Waals surface area contributed by atoms with Crippen LogP contribution in [0.15, 0.2) is 0 Å². The predicted octanol–water partition coefficient (Wildman–Crippen LogP) is 2.27. The molecule has 1 rings (SSSR count). The van der Waals surface area contributed by atoms with E-state index in [1.54, 1.807) is 14.0 Å². The van der Waals surface area contributed by atoms with E-state index in [-0.39, 0.29) is 12.6 Å². The SMILES string of the molecule is CCCC1CCN(C(=O)N(C)CC(C)C(=O)O)CC1. The van der Waals surface area contributed by atoms with E-state index in [4.69, 9.17) is 5.11 Å². The molecule has 0 bridgehead atoms. The van der Waals surface area contributed by atoms with Crippen LogP contribution in [0, 0.1) is 11.8 Å². The predicted molar refractivity (Wildman–Crippen MR) is 74.0 cm³/mol. The van der Waals surface area contributed by atoms with Crippen molar-refractivity contribution in [3.8, 4) is 0 Å². The second kappa shape index (κ2) is 7.36. The lowest BCUT2D eigenvalue weighted by Crippen LogP contribution is -2.46. The Morgan fingerprint density at radius 1 is 1.37 bits per heavy atom. The van der Waals surface area contributed by atoms with Gasteiger partial charge in [-0.15, -0.1) is 0 Å². The summed E-state index contributed by atoms with van der Waals surface area (Å²) in [5.41, 5.74) is 0. The highest BCUT2D eigenvalue weighted by molar-refractivity contribution is 5.76. The highest BCUT2D eigenvalue weighted by atomic mass is 16.4. The molecule has 1 N–H and O–H groups in total. The van der Waals surface area contributed by atoms with Gasteiger partial charge in [0.05, 0.1) is 5.92 Å². The topological polar surface area (TPSA) is 60.9 Å². The number of carboxylic acid groups (broad SMARTS) is 1. The molecule has 0 saturated carbocycles. The zero-order chi connectivity index (χ0) is 14.4. The molecule has 0 aromatic carbocycles. The van der Waals surface area contributed by atoms with Gasteiger partial charge in [-0.2, -0.15) is 0 Å². The number of carbonyl (C=O) groups excluding carboxylic acids is 1. The Labute approximate surface area is 115 Å². The normalized spacial score (nSPS) is 18.2. The first-order valence-corrected chi connectivity index (χ1v) is 7.18. The maximum atomic E-state index is 12.2. The Bertz CT molecular complexity index is 312. The molecule has 1 saturated heterocycles. The van der Waals surface area contributed by atoms with Gasteiger partial charge >= 0.3 is 12.0 Å². The molecule has 0 spiro atoms. The number of rotatable bonds is 5. The van der Waals surface area contributed by atoms with Gasteiger partial charge in [0, 0.05) is 26.7 Å². The average molecular weight is 270 g/mol. The van der Waals surface area contributed by atoms with Gasteiger partial charge in [0.15, 0.2) is 0 Å². The van der Waals surface area contributed by atoms with Gasteiger partial charge < -0.3 is 14.9 Å². The number of hydrogen-bond donors (Lipinski definition) is 1. The first-order chi connectivity index (χ1) is 8.95. The molecule has 2 amide bonds. The minimum Gasteiger partial charge on any atom is -0.481 e. The summed E-state index contributed by atoms with van der Waals surface area (Å²) in [5.74, 6) is -0.634. The third-order valence-corrected chi connectivity index (χ3v) is 3.88. The van der Waals surface area contributed by atoms with Crippen molar-refractivity contribution < 1.29 is 14.7 Å². The molecule has 1 aliphatic rings. The highest BCUT2D eigenvalue weighted by Crippen LogP contribution is 2.22. The van der Waals surface area contributed by atoms with Crippen LogP contribution < -0.4 is 0 Å². The summed E-state index contributed by atoms with van der Waals surface area (Å²) in [4.78, 5) is 26.4. The van der Waals surface area contributed by atoms with Crippen LogP contribution in [0.4, 0.5) is 4.79 Å². The van der Waals surface area contributed by atoms with E-state index in [2.05, 4.69) is 6.92 Å². The summed E-state index contributed by atoms with van der Waals surface area (Å²) in [5, 5.41) is 8.87. The van der Waals surface area contributed by atoms with E-state index in [0.717, 1.165) is 31.8 Å². The highest BCUT2D eigenvalue weighted by Gasteiger charge is 2.25. The maximum Gasteiger partial charge on any atom is 0.319 e. The second-order valence-electron chi connectivity index (χ2n) is 5.62. The molecule has 19 heavy (non-hydrogen) atoms. The van der Waals surface area contributed by atoms with Crippen LogP contribution in [0.25, 0.3) is 0 Å². The largest absolute Gasteiger partial charge is 0.481 e. The van der Waals surface area contributed by atoms with Crippen molar-refractivity contribution in [1.29, 1.82) is 0 Å². The van der Waals surface area contributed by atoms with Crippen molar-refractivity contribution in [1.82, 2.24) is 9.80 Å². The van der Waals surface area contributed by atoms with Crippen molar-refractivity contribution in [3.63, 3.8) is 0 Å². The van der Waals surface area contributed by atoms with Crippen LogP contribution in [0.1, 0.15) is 39.5 Å². The molecule has 1 aliphatic heterocycles. The summed E-state index contributed by atoms with van der Waals surface area (Å²) in [6.45, 7) is 5.69. The van der Waals surface area contributed by atoms with Crippen molar-refractivity contribution >= 4 is 12.0 Å². The standard InChI is InChI=1S/C14H26N2O3/c1-4-5-12-6-8-16(9-7-12)14(19)15(3)10-11(2)13(17)18/h11-12H,4-10H2,1-3H3,(H,17,18). The molecule has 5 heteroatoms. The molecular formula is C14H26N2O3. The zero-order valence-electron chi connectivity index (χ0n) is 12.3. The number of amides is 2. The van der Waals surface area contributed by atoms with Gasteiger partial charge in [0.25, 0.3) is 0 Å². The number of piperidine rings is 1. The lowest BCUT2D eigenvalue weighted by molar-refractivity contribution is -0.141. The fourth-order valence-corrected chi connectivity index (χ4v) is 2.63. The van der Waals surface area contributed by atoms with Gasteiger partial charge in [0.2, 0.25) is 0 Å². The lowest BCUT2D eigenvalue weighted by atomic mass is 9.93. The van der Waals surface area contributed by atoms with E-state index in [0.29, 0.717) is 0 Å². The Morgan fingerprint density at radius 3 is 2.42 bits per heavy atom. The van der Waals surface area contributed by atoms with Crippen LogP contribution in [0.5, 0.6) is 0 Å². The molecule has 5 nitrogen and oxygen atoms in total. The minimum absolute atomic E-state index is 0.0388. The summed E-state index contributed by atoms with van der Waals surface area (Å²) < 4.78 is 0. The van der Waals surface area contributed by atoms with Crippen LogP contribution in [-0.4, -0.2) is 53.6 Å². The van der Waals surface area contributed by atoms with Gasteiger partial charge in [0.1, 0.15) is 0 Å². The Kier molecular flexibility index (Phi) is 6.12. The first kappa shape index (κ1) is 15.8. The monoisotopic (exact) mass is 270 g/mol. The van der Waals surface area contributed by atoms with Gasteiger partial charge in [-0.3, -0.25) is 4.79 Å². The maximum absolute atomic E-state index is 12.2. The molecule has 0 radical (unpaired) electrons. The quantitative estimate of drug-likeness (QED) is 0.833. The number of urea groups is 1. The van der Waals surface area contributed by atoms with Gasteiger partial charge in [-0.05, 0) is 18.8 Å². The average Bonchev–Trinajstić information content (AvgIpc) is 2.39. The lowest BCUT2D eigenvalue weighted by Gasteiger charge is -2.35. The third-order valence-electron chi connectivity index (χ3n) is 3.88. The molecule has 0 aromatic rings. The number of nitrogens with zero attached hydrogens (tertiary/aromatic N) is 2. The molecule has 1 heterocycles. The number of likely N-dealkylation sites (tertiary alicyclic amines) is 1. The fourth-order valence-electron chi connectivity index (χ4n) is 2.63. The zero-order valence-corrected chi connectivity index (χ0v) is 12.3. The van der Waals surface area contributed by atoms with Gasteiger partial charge in [-0.25, -0.2) is 4.79 Å². The molecule has 0 aromatic heterocycles. The number of aliphatic carboxylic acids is 1. The van der Waals surface area contributed by atoms with E-state index < -0.39 is 11.9 Å². The number of hydrogen-bond acceptors (Lipinski definition) is 2. The molecule has 1 fully saturated rings. The summed E-state index contributed by atoms with van der Waals surface area (Å²) in [6.07, 6.45) is 4.59. The molecule has 110 valence electrons. The van der Waals surface area contributed by atoms with Gasteiger partial charge in [-0.1, -0.05) is 26.7 Å². The minimum atomic E-state index is -0.860. The molecule has 1 atom stereocenters. The van der Waals surface area contributed by atoms with Crippen LogP contribution >= 0.6 is 0 Å². The number of carboxylic acids is 1. The smallest absolute Gasteiger partial charge is 0.319 e. The first-order valence-electron chi connectivity index (χ1n) is 7.18. The van der Waals surface area contributed by atoms with Crippen molar-refractivity contribution in [3.05, 3.63) is 0 Å². The Balaban J connectivity index is 2.40. The van der Waals surface area contributed by atoms with E-state index >= 15 is 0 Å². The summed E-state index contributed by atoms with van der Waals surface area (Å²) in [7, 11) is 1.68. The third kappa shape index (κ3) is 4.73. The van der Waals surface area contributed by atoms with E-state index in [9.17, 15) is 9.59 Å². The second-order valence-corrected chi connectivity index (χ2v) is 5.62. The van der Waals surface area contributed by atoms with E-state index in [1.807, 2.05) is 4.90 Å². The van der Waals surface area contributed by atoms with Crippen LogP contribution in [0.3, 0.4) is 0 Å². The molecule has 0 aliphatic carbocycles. The molecular weight excluding hydrogens is 244 g/mol. The number of carbonyl (C=O) groups is 2. The fraction of sp³-hybridized carbons (Fsp3) is 0.857.